The minimum Gasteiger partial charge on any atom is -0.351 e. The number of carbonyl (C=O) groups is 1. The summed E-state index contributed by atoms with van der Waals surface area (Å²) in [6.45, 7) is 1.10. The number of urea groups is 1. The third-order valence-electron chi connectivity index (χ3n) is 6.69. The van der Waals surface area contributed by atoms with Gasteiger partial charge >= 0.3 is 6.03 Å². The van der Waals surface area contributed by atoms with Crippen LogP contribution < -0.4 is 16.2 Å². The first-order valence-corrected chi connectivity index (χ1v) is 11.9. The van der Waals surface area contributed by atoms with Gasteiger partial charge in [0.2, 0.25) is 0 Å². The largest absolute Gasteiger partial charge is 0.351 e. The van der Waals surface area contributed by atoms with Gasteiger partial charge in [0.25, 0.3) is 0 Å². The van der Waals surface area contributed by atoms with E-state index in [1.54, 1.807) is 0 Å². The average Bonchev–Trinajstić information content (AvgIpc) is 3.38. The summed E-state index contributed by atoms with van der Waals surface area (Å²) >= 11 is 3.03. The van der Waals surface area contributed by atoms with Crippen LogP contribution in [0.15, 0.2) is 36.4 Å². The molecule has 0 atom stereocenters. The van der Waals surface area contributed by atoms with Gasteiger partial charge in [0.1, 0.15) is 0 Å². The number of thiol groups is 1. The zero-order valence-corrected chi connectivity index (χ0v) is 19.5. The normalized spacial score (nSPS) is 16.3. The molecule has 168 valence electrons. The van der Waals surface area contributed by atoms with E-state index in [1.807, 2.05) is 0 Å². The van der Waals surface area contributed by atoms with Gasteiger partial charge in [-0.2, -0.15) is 0 Å². The smallest absolute Gasteiger partial charge is 0.316 e. The van der Waals surface area contributed by atoms with E-state index in [0.29, 0.717) is 0 Å². The maximum atomic E-state index is 11.1. The van der Waals surface area contributed by atoms with Crippen LogP contribution in [0, 0.1) is 0 Å². The summed E-state index contributed by atoms with van der Waals surface area (Å²) in [7, 11) is 2.23. The van der Waals surface area contributed by atoms with E-state index in [4.69, 9.17) is 5.73 Å². The minimum atomic E-state index is -0.436. The van der Waals surface area contributed by atoms with Crippen molar-refractivity contribution in [2.24, 2.45) is 10.9 Å². The number of anilines is 1. The molecule has 0 aromatic heterocycles. The second-order valence-electron chi connectivity index (χ2n) is 8.71. The molecule has 31 heavy (non-hydrogen) atoms. The van der Waals surface area contributed by atoms with Crippen molar-refractivity contribution in [2.75, 3.05) is 12.4 Å². The van der Waals surface area contributed by atoms with Crippen LogP contribution in [0.5, 0.6) is 0 Å². The van der Waals surface area contributed by atoms with Crippen LogP contribution in [0.25, 0.3) is 0 Å². The summed E-state index contributed by atoms with van der Waals surface area (Å²) in [5.74, 6) is 0. The van der Waals surface area contributed by atoms with Gasteiger partial charge in [-0.1, -0.05) is 42.8 Å². The van der Waals surface area contributed by atoms with Gasteiger partial charge in [-0.15, -0.1) is 12.8 Å². The van der Waals surface area contributed by atoms with Gasteiger partial charge in [-0.05, 0) is 86.2 Å². The van der Waals surface area contributed by atoms with Crippen molar-refractivity contribution in [1.82, 2.24) is 4.90 Å². The maximum Gasteiger partial charge on any atom is 0.316 e. The minimum absolute atomic E-state index is 0.436. The Labute approximate surface area is 192 Å². The summed E-state index contributed by atoms with van der Waals surface area (Å²) in [6, 6.07) is 13.5. The molecule has 0 radical (unpaired) electrons. The Morgan fingerprint density at radius 2 is 1.58 bits per heavy atom. The zero-order valence-electron chi connectivity index (χ0n) is 18.6. The lowest BCUT2D eigenvalue weighted by Crippen LogP contribution is -2.36. The van der Waals surface area contributed by atoms with Gasteiger partial charge in [-0.25, -0.2) is 4.79 Å². The first-order chi connectivity index (χ1) is 15.1. The Morgan fingerprint density at radius 1 is 1.00 bits per heavy atom. The van der Waals surface area contributed by atoms with Crippen molar-refractivity contribution in [2.45, 2.75) is 70.4 Å². The molecule has 2 amide bonds. The number of nitrogens with one attached hydrogen (secondary N) is 1. The van der Waals surface area contributed by atoms with Crippen LogP contribution in [-0.2, 0) is 32.2 Å². The summed E-state index contributed by atoms with van der Waals surface area (Å²) in [6.07, 6.45) is 11.1. The van der Waals surface area contributed by atoms with Crippen molar-refractivity contribution in [3.05, 3.63) is 64.2 Å². The van der Waals surface area contributed by atoms with Gasteiger partial charge in [0.15, 0.2) is 0 Å². The van der Waals surface area contributed by atoms with Crippen molar-refractivity contribution < 1.29 is 4.79 Å². The van der Waals surface area contributed by atoms with Crippen LogP contribution in [0.4, 0.5) is 10.5 Å². The molecule has 0 bridgehead atoms. The molecule has 5 nitrogen and oxygen atoms in total. The number of benzene rings is 2. The Bertz CT molecular complexity index is 835. The molecular formula is C25H36N4OS. The first kappa shape index (κ1) is 23.6. The third kappa shape index (κ3) is 6.03. The average molecular weight is 441 g/mol. The highest BCUT2D eigenvalue weighted by atomic mass is 32.1. The topological polar surface area (TPSA) is 84.4 Å². The number of amides is 2. The molecular weight excluding hydrogens is 404 g/mol. The number of nitrogens with zero attached hydrogens (tertiary/aromatic N) is 1. The Morgan fingerprint density at radius 3 is 2.06 bits per heavy atom. The van der Waals surface area contributed by atoms with Crippen molar-refractivity contribution in [3.8, 4) is 0 Å². The van der Waals surface area contributed by atoms with Crippen LogP contribution in [0.3, 0.4) is 0 Å². The molecule has 1 saturated carbocycles. The summed E-state index contributed by atoms with van der Waals surface area (Å²) in [5, 5.41) is 7.04. The first-order valence-electron chi connectivity index (χ1n) is 11.3. The highest BCUT2D eigenvalue weighted by molar-refractivity contribution is 7.77. The molecule has 0 unspecified atom stereocenters. The second-order valence-corrected chi connectivity index (χ2v) is 8.71. The molecule has 5 N–H and O–H groups in total. The fraction of sp³-hybridized carbons (Fsp3) is 0.480. The second kappa shape index (κ2) is 11.6. The summed E-state index contributed by atoms with van der Waals surface area (Å²) in [4.78, 5) is 13.6. The molecule has 5 rings (SSSR count). The maximum absolute atomic E-state index is 11.1. The SMILES string of the molecule is CN(Cc1ccccc1)C1CCC1.NC(=O)Nc1c2c(cc3c1CCC3)CCC2.NS. The highest BCUT2D eigenvalue weighted by Crippen LogP contribution is 2.38. The molecule has 6 heteroatoms. The lowest BCUT2D eigenvalue weighted by atomic mass is 9.91. The van der Waals surface area contributed by atoms with Crippen LogP contribution >= 0.6 is 12.8 Å². The van der Waals surface area contributed by atoms with Crippen molar-refractivity contribution >= 4 is 24.5 Å². The zero-order chi connectivity index (χ0) is 22.2. The monoisotopic (exact) mass is 440 g/mol. The number of primary amides is 1. The number of hydrogen-bond acceptors (Lipinski definition) is 4. The number of fused-ring (bicyclic) bond motifs is 2. The standard InChI is InChI=1S/C13H16N2O.C12H17N.H3NS/c14-13(16)15-12-10-5-1-3-8(10)7-9-4-2-6-11(9)12;1-13(12-8-5-9-12)10-11-6-3-2-4-7-11;1-2/h7H,1-6H2,(H3,14,15,16);2-4,6-7,12H,5,8-10H2,1H3;2H,1H2. The Balaban J connectivity index is 0.000000166. The van der Waals surface area contributed by atoms with E-state index >= 15 is 0 Å². The van der Waals surface area contributed by atoms with E-state index in [1.165, 1.54) is 59.9 Å². The quantitative estimate of drug-likeness (QED) is 0.524. The predicted molar refractivity (Wildman–Crippen MR) is 132 cm³/mol. The number of hydrogen-bond donors (Lipinski definition) is 4. The van der Waals surface area contributed by atoms with E-state index in [9.17, 15) is 4.79 Å². The van der Waals surface area contributed by atoms with E-state index in [2.05, 4.69) is 71.6 Å². The molecule has 3 aliphatic carbocycles. The van der Waals surface area contributed by atoms with Crippen LogP contribution in [0.2, 0.25) is 0 Å². The molecule has 0 spiro atoms. The van der Waals surface area contributed by atoms with Crippen molar-refractivity contribution in [1.29, 1.82) is 0 Å². The Kier molecular flexibility index (Phi) is 8.81. The molecule has 0 saturated heterocycles. The van der Waals surface area contributed by atoms with E-state index in [0.717, 1.165) is 44.0 Å². The Hall–Kier alpha value is -2.02. The summed E-state index contributed by atoms with van der Waals surface area (Å²) < 4.78 is 0. The van der Waals surface area contributed by atoms with Crippen LogP contribution in [0.1, 0.15) is 59.9 Å². The lowest BCUT2D eigenvalue weighted by Gasteiger charge is -2.34. The number of rotatable bonds is 4. The van der Waals surface area contributed by atoms with Crippen molar-refractivity contribution in [3.63, 3.8) is 0 Å². The fourth-order valence-electron chi connectivity index (χ4n) is 4.92. The van der Waals surface area contributed by atoms with Gasteiger partial charge in [0, 0.05) is 18.3 Å². The predicted octanol–water partition coefficient (Wildman–Crippen LogP) is 4.62. The van der Waals surface area contributed by atoms with Crippen LogP contribution in [-0.4, -0.2) is 24.0 Å². The molecule has 2 aromatic rings. The van der Waals surface area contributed by atoms with Gasteiger partial charge < -0.3 is 11.1 Å². The number of carbonyl (C=O) groups excluding carboxylic acids is 1. The van der Waals surface area contributed by atoms with Gasteiger partial charge in [0.05, 0.1) is 0 Å². The summed E-state index contributed by atoms with van der Waals surface area (Å²) in [5.41, 5.74) is 13.2. The van der Waals surface area contributed by atoms with Gasteiger partial charge in [-0.3, -0.25) is 10.0 Å². The lowest BCUT2D eigenvalue weighted by molar-refractivity contribution is 0.152. The molecule has 0 aliphatic heterocycles. The third-order valence-corrected chi connectivity index (χ3v) is 6.69. The molecule has 2 aromatic carbocycles. The number of aryl methyl sites for hydroxylation is 2. The fourth-order valence-corrected chi connectivity index (χ4v) is 4.92. The van der Waals surface area contributed by atoms with E-state index in [-0.39, 0.29) is 0 Å². The molecule has 3 aliphatic rings. The molecule has 0 heterocycles. The number of nitrogens with two attached hydrogens (primary N) is 2. The van der Waals surface area contributed by atoms with E-state index < -0.39 is 6.03 Å². The molecule has 1 fully saturated rings. The highest BCUT2D eigenvalue weighted by Gasteiger charge is 2.24.